The molecule has 1 aromatic rings. The zero-order valence-electron chi connectivity index (χ0n) is 14.1. The summed E-state index contributed by atoms with van der Waals surface area (Å²) in [7, 11) is 1.54. The molecule has 2 rings (SSSR count). The fourth-order valence-electron chi connectivity index (χ4n) is 2.10. The Bertz CT molecular complexity index is 720. The Morgan fingerprint density at radius 3 is 2.85 bits per heavy atom. The maximum absolute atomic E-state index is 11.7. The van der Waals surface area contributed by atoms with E-state index < -0.39 is 18.5 Å². The summed E-state index contributed by atoms with van der Waals surface area (Å²) in [4.78, 5) is 36.3. The number of nitrogens with zero attached hydrogens (tertiary/aromatic N) is 1. The van der Waals surface area contributed by atoms with Crippen molar-refractivity contribution in [3.63, 3.8) is 0 Å². The summed E-state index contributed by atoms with van der Waals surface area (Å²) in [6.45, 7) is 0.139. The number of carbonyl (C=O) groups excluding carboxylic acids is 3. The highest BCUT2D eigenvalue weighted by Gasteiger charge is 2.25. The molecule has 0 bridgehead atoms. The summed E-state index contributed by atoms with van der Waals surface area (Å²) in [5.74, 6) is -0.195. The highest BCUT2D eigenvalue weighted by Crippen LogP contribution is 2.19. The van der Waals surface area contributed by atoms with Gasteiger partial charge in [0.2, 0.25) is 5.91 Å². The first-order valence-electron chi connectivity index (χ1n) is 7.73. The van der Waals surface area contributed by atoms with Crippen LogP contribution in [-0.2, 0) is 19.1 Å². The largest absolute Gasteiger partial charge is 0.496 e. The number of hydrogen-bond acceptors (Lipinski definition) is 7. The Balaban J connectivity index is 1.70. The van der Waals surface area contributed by atoms with Crippen LogP contribution in [0.25, 0.3) is 6.08 Å². The van der Waals surface area contributed by atoms with Gasteiger partial charge in [-0.15, -0.1) is 0 Å². The lowest BCUT2D eigenvalue weighted by atomic mass is 10.2. The van der Waals surface area contributed by atoms with E-state index in [-0.39, 0.29) is 12.5 Å². The van der Waals surface area contributed by atoms with E-state index in [1.807, 2.05) is 12.1 Å². The monoisotopic (exact) mass is 394 g/mol. The predicted molar refractivity (Wildman–Crippen MR) is 103 cm³/mol. The highest BCUT2D eigenvalue weighted by atomic mass is 32.2. The molecule has 1 N–H and O–H groups in total. The average Bonchev–Trinajstić information content (AvgIpc) is 2.96. The van der Waals surface area contributed by atoms with Gasteiger partial charge in [0.25, 0.3) is 5.91 Å². The van der Waals surface area contributed by atoms with Crippen molar-refractivity contribution in [2.24, 2.45) is 0 Å². The maximum Gasteiger partial charge on any atom is 0.331 e. The van der Waals surface area contributed by atoms with Gasteiger partial charge in [-0.2, -0.15) is 0 Å². The number of ether oxygens (including phenoxy) is 2. The molecule has 1 aliphatic rings. The number of amides is 2. The third kappa shape index (κ3) is 5.85. The number of esters is 1. The van der Waals surface area contributed by atoms with E-state index in [2.05, 4.69) is 5.32 Å². The van der Waals surface area contributed by atoms with E-state index in [9.17, 15) is 14.4 Å². The van der Waals surface area contributed by atoms with Crippen molar-refractivity contribution >= 4 is 52.2 Å². The first-order valence-corrected chi connectivity index (χ1v) is 9.12. The fraction of sp³-hybridized carbons (Fsp3) is 0.294. The van der Waals surface area contributed by atoms with Gasteiger partial charge in [-0.1, -0.05) is 42.2 Å². The van der Waals surface area contributed by atoms with Crippen LogP contribution >= 0.6 is 24.0 Å². The van der Waals surface area contributed by atoms with Crippen LogP contribution in [0.4, 0.5) is 0 Å². The van der Waals surface area contributed by atoms with Crippen LogP contribution < -0.4 is 10.1 Å². The Morgan fingerprint density at radius 2 is 2.15 bits per heavy atom. The zero-order chi connectivity index (χ0) is 18.9. The van der Waals surface area contributed by atoms with Gasteiger partial charge in [-0.05, 0) is 12.1 Å². The van der Waals surface area contributed by atoms with Crippen LogP contribution in [0.1, 0.15) is 5.56 Å². The molecule has 9 heteroatoms. The molecular weight excluding hydrogens is 376 g/mol. The number of carbonyl (C=O) groups is 3. The second kappa shape index (κ2) is 9.93. The molecule has 0 atom stereocenters. The SMILES string of the molecule is COc1ccccc1/C=C/C(=O)OCC(=O)NCCN1C(=O)CSC1=S. The number of nitrogens with one attached hydrogen (secondary N) is 1. The Labute approximate surface area is 160 Å². The molecule has 1 aliphatic heterocycles. The van der Waals surface area contributed by atoms with Crippen molar-refractivity contribution in [3.8, 4) is 5.75 Å². The molecule has 26 heavy (non-hydrogen) atoms. The third-order valence-corrected chi connectivity index (χ3v) is 4.81. The number of para-hydroxylation sites is 1. The van der Waals surface area contributed by atoms with Crippen molar-refractivity contribution in [2.75, 3.05) is 32.6 Å². The average molecular weight is 394 g/mol. The number of thioether (sulfide) groups is 1. The van der Waals surface area contributed by atoms with Crippen LogP contribution in [0.2, 0.25) is 0 Å². The zero-order valence-corrected chi connectivity index (χ0v) is 15.7. The van der Waals surface area contributed by atoms with Gasteiger partial charge in [-0.25, -0.2) is 4.79 Å². The number of hydrogen-bond donors (Lipinski definition) is 1. The first-order chi connectivity index (χ1) is 12.5. The summed E-state index contributed by atoms with van der Waals surface area (Å²) >= 11 is 6.34. The normalized spacial score (nSPS) is 14.0. The first kappa shape index (κ1) is 19.9. The van der Waals surface area contributed by atoms with Gasteiger partial charge < -0.3 is 14.8 Å². The summed E-state index contributed by atoms with van der Waals surface area (Å²) in [6.07, 6.45) is 2.78. The topological polar surface area (TPSA) is 84.9 Å². The van der Waals surface area contributed by atoms with Crippen molar-refractivity contribution < 1.29 is 23.9 Å². The van der Waals surface area contributed by atoms with Crippen molar-refractivity contribution in [1.82, 2.24) is 10.2 Å². The Kier molecular flexibility index (Phi) is 7.61. The minimum Gasteiger partial charge on any atom is -0.496 e. The quantitative estimate of drug-likeness (QED) is 0.403. The van der Waals surface area contributed by atoms with Crippen LogP contribution in [0.5, 0.6) is 5.75 Å². The van der Waals surface area contributed by atoms with E-state index >= 15 is 0 Å². The van der Waals surface area contributed by atoms with Crippen LogP contribution in [0.3, 0.4) is 0 Å². The Hall–Kier alpha value is -2.39. The molecule has 1 aromatic carbocycles. The van der Waals surface area contributed by atoms with Crippen molar-refractivity contribution in [1.29, 1.82) is 0 Å². The van der Waals surface area contributed by atoms with Gasteiger partial charge in [0.15, 0.2) is 6.61 Å². The summed E-state index contributed by atoms with van der Waals surface area (Å²) < 4.78 is 10.6. The second-order valence-corrected chi connectivity index (χ2v) is 6.74. The predicted octanol–water partition coefficient (Wildman–Crippen LogP) is 1.23. The molecule has 7 nitrogen and oxygen atoms in total. The van der Waals surface area contributed by atoms with E-state index in [0.29, 0.717) is 22.4 Å². The molecule has 0 unspecified atom stereocenters. The standard InChI is InChI=1S/C17H18N2O5S2/c1-23-13-5-3-2-4-12(13)6-7-16(22)24-10-14(20)18-8-9-19-15(21)11-26-17(19)25/h2-7H,8-11H2,1H3,(H,18,20)/b7-6+. The van der Waals surface area contributed by atoms with Gasteiger partial charge in [0.05, 0.1) is 12.9 Å². The molecule has 1 fully saturated rings. The van der Waals surface area contributed by atoms with E-state index in [4.69, 9.17) is 21.7 Å². The summed E-state index contributed by atoms with van der Waals surface area (Å²) in [5, 5.41) is 2.58. The molecule has 1 saturated heterocycles. The van der Waals surface area contributed by atoms with E-state index in [1.165, 1.54) is 29.8 Å². The summed E-state index contributed by atoms with van der Waals surface area (Å²) in [5.41, 5.74) is 0.723. The minimum absolute atomic E-state index is 0.0674. The molecule has 0 aromatic heterocycles. The van der Waals surface area contributed by atoms with E-state index in [0.717, 1.165) is 5.56 Å². The number of thiocarbonyl (C=S) groups is 1. The Morgan fingerprint density at radius 1 is 1.38 bits per heavy atom. The molecule has 138 valence electrons. The molecule has 1 heterocycles. The third-order valence-electron chi connectivity index (χ3n) is 3.38. The van der Waals surface area contributed by atoms with Gasteiger partial charge in [-0.3, -0.25) is 14.5 Å². The van der Waals surface area contributed by atoms with Gasteiger partial charge >= 0.3 is 5.97 Å². The molecule has 0 aliphatic carbocycles. The number of methoxy groups -OCH3 is 1. The molecule has 0 saturated carbocycles. The van der Waals surface area contributed by atoms with Gasteiger partial charge in [0, 0.05) is 24.7 Å². The molecule has 0 spiro atoms. The van der Waals surface area contributed by atoms with Crippen molar-refractivity contribution in [2.45, 2.75) is 0 Å². The fourth-order valence-corrected chi connectivity index (χ4v) is 3.22. The van der Waals surface area contributed by atoms with Crippen LogP contribution in [-0.4, -0.2) is 59.6 Å². The van der Waals surface area contributed by atoms with Gasteiger partial charge in [0.1, 0.15) is 10.1 Å². The lowest BCUT2D eigenvalue weighted by Crippen LogP contribution is -2.38. The number of benzene rings is 1. The van der Waals surface area contributed by atoms with Crippen molar-refractivity contribution in [3.05, 3.63) is 35.9 Å². The lowest BCUT2D eigenvalue weighted by Gasteiger charge is -2.14. The molecule has 2 amide bonds. The number of rotatable bonds is 8. The maximum atomic E-state index is 11.7. The van der Waals surface area contributed by atoms with Crippen LogP contribution in [0, 0.1) is 0 Å². The lowest BCUT2D eigenvalue weighted by molar-refractivity contribution is -0.143. The van der Waals surface area contributed by atoms with E-state index in [1.54, 1.807) is 18.2 Å². The van der Waals surface area contributed by atoms with Crippen LogP contribution in [0.15, 0.2) is 30.3 Å². The highest BCUT2D eigenvalue weighted by molar-refractivity contribution is 8.23. The minimum atomic E-state index is -0.640. The molecule has 0 radical (unpaired) electrons. The molecular formula is C17H18N2O5S2. The smallest absolute Gasteiger partial charge is 0.331 e. The second-order valence-electron chi connectivity index (χ2n) is 5.13. The summed E-state index contributed by atoms with van der Waals surface area (Å²) in [6, 6.07) is 7.20.